The Hall–Kier alpha value is -2.46. The van der Waals surface area contributed by atoms with Crippen LogP contribution in [0.25, 0.3) is 5.69 Å². The van der Waals surface area contributed by atoms with Crippen LogP contribution in [0.3, 0.4) is 0 Å². The summed E-state index contributed by atoms with van der Waals surface area (Å²) in [5, 5.41) is 3.95. The number of hydrogen-bond acceptors (Lipinski definition) is 6. The normalized spacial score (nSPS) is 18.0. The number of amides is 1. The first-order valence-electron chi connectivity index (χ1n) is 6.95. The second-order valence-electron chi connectivity index (χ2n) is 5.19. The molecule has 0 aliphatic carbocycles. The van der Waals surface area contributed by atoms with Crippen molar-refractivity contribution in [3.63, 3.8) is 0 Å². The van der Waals surface area contributed by atoms with Gasteiger partial charge in [-0.05, 0) is 24.3 Å². The van der Waals surface area contributed by atoms with Crippen LogP contribution in [0, 0.1) is 5.82 Å². The maximum atomic E-state index is 14.3. The van der Waals surface area contributed by atoms with E-state index in [0.29, 0.717) is 5.69 Å². The Labute approximate surface area is 137 Å². The molecule has 0 N–H and O–H groups in total. The van der Waals surface area contributed by atoms with Crippen molar-refractivity contribution in [3.8, 4) is 5.69 Å². The van der Waals surface area contributed by atoms with Gasteiger partial charge in [-0.15, -0.1) is 0 Å². The number of halogens is 1. The van der Waals surface area contributed by atoms with Gasteiger partial charge < -0.3 is 4.74 Å². The summed E-state index contributed by atoms with van der Waals surface area (Å²) in [6.07, 6.45) is 2.59. The molecule has 0 radical (unpaired) electrons. The highest BCUT2D eigenvalue weighted by molar-refractivity contribution is 7.85. The molecular weight excluding hydrogens is 341 g/mol. The second kappa shape index (κ2) is 6.21. The molecular formula is C14H14FN3O5S. The SMILES string of the molecule is CS(=O)(=O)OC[C@H]1CN(c2ccc(-n3cccn3)c(F)c2)C(=O)O1. The molecule has 1 saturated heterocycles. The van der Waals surface area contributed by atoms with Crippen LogP contribution in [0.4, 0.5) is 14.9 Å². The lowest BCUT2D eigenvalue weighted by molar-refractivity contribution is 0.107. The monoisotopic (exact) mass is 355 g/mol. The van der Waals surface area contributed by atoms with Gasteiger partial charge >= 0.3 is 6.09 Å². The molecule has 1 aromatic heterocycles. The van der Waals surface area contributed by atoms with Crippen molar-refractivity contribution >= 4 is 21.9 Å². The average molecular weight is 355 g/mol. The molecule has 1 atom stereocenters. The highest BCUT2D eigenvalue weighted by Crippen LogP contribution is 2.25. The van der Waals surface area contributed by atoms with Crippen LogP contribution in [-0.2, 0) is 19.0 Å². The van der Waals surface area contributed by atoms with Crippen LogP contribution < -0.4 is 4.90 Å². The predicted octanol–water partition coefficient (Wildman–Crippen LogP) is 1.31. The minimum atomic E-state index is -3.63. The van der Waals surface area contributed by atoms with E-state index in [1.807, 2.05) is 0 Å². The van der Waals surface area contributed by atoms with Crippen molar-refractivity contribution < 1.29 is 26.5 Å². The lowest BCUT2D eigenvalue weighted by Gasteiger charge is -2.14. The molecule has 1 amide bonds. The summed E-state index contributed by atoms with van der Waals surface area (Å²) in [4.78, 5) is 13.1. The van der Waals surface area contributed by atoms with Gasteiger partial charge in [-0.25, -0.2) is 13.9 Å². The lowest BCUT2D eigenvalue weighted by atomic mass is 10.2. The zero-order valence-corrected chi connectivity index (χ0v) is 13.4. The second-order valence-corrected chi connectivity index (χ2v) is 6.84. The zero-order chi connectivity index (χ0) is 17.3. The van der Waals surface area contributed by atoms with E-state index in [2.05, 4.69) is 9.28 Å². The lowest BCUT2D eigenvalue weighted by Crippen LogP contribution is -2.26. The van der Waals surface area contributed by atoms with Crippen LogP contribution >= 0.6 is 0 Å². The molecule has 0 bridgehead atoms. The van der Waals surface area contributed by atoms with Gasteiger partial charge in [-0.2, -0.15) is 13.5 Å². The van der Waals surface area contributed by atoms with E-state index in [9.17, 15) is 17.6 Å². The van der Waals surface area contributed by atoms with Crippen molar-refractivity contribution in [2.24, 2.45) is 0 Å². The van der Waals surface area contributed by atoms with Crippen molar-refractivity contribution in [1.82, 2.24) is 9.78 Å². The van der Waals surface area contributed by atoms with E-state index < -0.39 is 28.1 Å². The quantitative estimate of drug-likeness (QED) is 0.751. The fourth-order valence-electron chi connectivity index (χ4n) is 2.28. The third-order valence-corrected chi connectivity index (χ3v) is 3.90. The molecule has 0 spiro atoms. The highest BCUT2D eigenvalue weighted by atomic mass is 32.2. The van der Waals surface area contributed by atoms with E-state index in [0.717, 1.165) is 6.26 Å². The van der Waals surface area contributed by atoms with Crippen molar-refractivity contribution in [1.29, 1.82) is 0 Å². The summed E-state index contributed by atoms with van der Waals surface area (Å²) >= 11 is 0. The van der Waals surface area contributed by atoms with Crippen LogP contribution in [0.15, 0.2) is 36.7 Å². The van der Waals surface area contributed by atoms with E-state index >= 15 is 0 Å². The summed E-state index contributed by atoms with van der Waals surface area (Å²) in [6.45, 7) is -0.218. The van der Waals surface area contributed by atoms with E-state index in [4.69, 9.17) is 4.74 Å². The Morgan fingerprint density at radius 1 is 1.46 bits per heavy atom. The number of hydrogen-bond donors (Lipinski definition) is 0. The summed E-state index contributed by atoms with van der Waals surface area (Å²) in [5.74, 6) is -0.556. The van der Waals surface area contributed by atoms with Gasteiger partial charge in [-0.1, -0.05) is 0 Å². The van der Waals surface area contributed by atoms with Crippen LogP contribution in [-0.4, -0.2) is 49.8 Å². The van der Waals surface area contributed by atoms with Gasteiger partial charge in [0.25, 0.3) is 10.1 Å². The van der Waals surface area contributed by atoms with Crippen LogP contribution in [0.1, 0.15) is 0 Å². The number of carbonyl (C=O) groups is 1. The third kappa shape index (κ3) is 3.54. The first-order chi connectivity index (χ1) is 11.3. The van der Waals surface area contributed by atoms with Gasteiger partial charge in [-0.3, -0.25) is 9.08 Å². The number of aromatic nitrogens is 2. The molecule has 2 aromatic rings. The Bertz CT molecular complexity index is 853. The number of anilines is 1. The number of ether oxygens (including phenoxy) is 1. The van der Waals surface area contributed by atoms with Gasteiger partial charge in [0.15, 0.2) is 5.82 Å². The fourth-order valence-corrected chi connectivity index (χ4v) is 2.68. The van der Waals surface area contributed by atoms with Crippen LogP contribution in [0.2, 0.25) is 0 Å². The Morgan fingerprint density at radius 2 is 2.25 bits per heavy atom. The van der Waals surface area contributed by atoms with Gasteiger partial charge in [0.05, 0.1) is 18.5 Å². The summed E-state index contributed by atoms with van der Waals surface area (Å²) < 4.78 is 47.2. The van der Waals surface area contributed by atoms with Gasteiger partial charge in [0.1, 0.15) is 18.4 Å². The van der Waals surface area contributed by atoms with E-state index in [1.54, 1.807) is 18.3 Å². The average Bonchev–Trinajstić information content (AvgIpc) is 3.14. The van der Waals surface area contributed by atoms with E-state index in [1.165, 1.54) is 27.9 Å². The fraction of sp³-hybridized carbons (Fsp3) is 0.286. The molecule has 1 aliphatic rings. The number of carbonyl (C=O) groups excluding carboxylic acids is 1. The molecule has 1 aliphatic heterocycles. The summed E-state index contributed by atoms with van der Waals surface area (Å²) in [5.41, 5.74) is 0.545. The first-order valence-corrected chi connectivity index (χ1v) is 8.77. The van der Waals surface area contributed by atoms with Crippen molar-refractivity contribution in [2.75, 3.05) is 24.3 Å². The summed E-state index contributed by atoms with van der Waals surface area (Å²) in [7, 11) is -3.63. The Morgan fingerprint density at radius 3 is 2.88 bits per heavy atom. The van der Waals surface area contributed by atoms with Crippen molar-refractivity contribution in [3.05, 3.63) is 42.5 Å². The standard InChI is InChI=1S/C14H14FN3O5S/c1-24(20,21)22-9-11-8-17(14(19)23-11)10-3-4-13(12(15)7-10)18-6-2-5-16-18/h2-7,11H,8-9H2,1H3/t11-/m1/s1. The van der Waals surface area contributed by atoms with Gasteiger partial charge in [0.2, 0.25) is 0 Å². The molecule has 1 fully saturated rings. The molecule has 10 heteroatoms. The number of benzene rings is 1. The minimum absolute atomic E-state index is 0.0644. The topological polar surface area (TPSA) is 90.7 Å². The Kier molecular flexibility index (Phi) is 4.24. The Balaban J connectivity index is 1.75. The molecule has 1 aromatic carbocycles. The zero-order valence-electron chi connectivity index (χ0n) is 12.6. The molecule has 2 heterocycles. The molecule has 0 unspecified atom stereocenters. The van der Waals surface area contributed by atoms with Crippen molar-refractivity contribution in [2.45, 2.75) is 6.10 Å². The first kappa shape index (κ1) is 16.4. The minimum Gasteiger partial charge on any atom is -0.441 e. The summed E-state index contributed by atoms with van der Waals surface area (Å²) in [6, 6.07) is 5.90. The largest absolute Gasteiger partial charge is 0.441 e. The highest BCUT2D eigenvalue weighted by Gasteiger charge is 2.33. The molecule has 8 nitrogen and oxygen atoms in total. The predicted molar refractivity (Wildman–Crippen MR) is 81.9 cm³/mol. The van der Waals surface area contributed by atoms with Gasteiger partial charge in [0, 0.05) is 12.4 Å². The molecule has 0 saturated carbocycles. The number of cyclic esters (lactones) is 1. The maximum absolute atomic E-state index is 14.3. The smallest absolute Gasteiger partial charge is 0.414 e. The molecule has 24 heavy (non-hydrogen) atoms. The van der Waals surface area contributed by atoms with E-state index in [-0.39, 0.29) is 18.8 Å². The number of nitrogens with zero attached hydrogens (tertiary/aromatic N) is 3. The van der Waals surface area contributed by atoms with Crippen LogP contribution in [0.5, 0.6) is 0 Å². The maximum Gasteiger partial charge on any atom is 0.414 e. The molecule has 128 valence electrons. The molecule has 3 rings (SSSR count). The third-order valence-electron chi connectivity index (χ3n) is 3.34. The number of rotatable bonds is 5.